The van der Waals surface area contributed by atoms with Gasteiger partial charge in [0.15, 0.2) is 0 Å². The summed E-state index contributed by atoms with van der Waals surface area (Å²) in [5.41, 5.74) is 0. The van der Waals surface area contributed by atoms with Crippen molar-refractivity contribution in [2.45, 2.75) is 129 Å². The molecule has 0 saturated heterocycles. The van der Waals surface area contributed by atoms with E-state index in [9.17, 15) is 19.2 Å². The van der Waals surface area contributed by atoms with Crippen LogP contribution in [0.3, 0.4) is 0 Å². The van der Waals surface area contributed by atoms with Gasteiger partial charge in [-0.15, -0.1) is 0 Å². The van der Waals surface area contributed by atoms with Gasteiger partial charge < -0.3 is 20.8 Å². The lowest BCUT2D eigenvalue weighted by atomic mass is 10.1. The molecule has 2 atom stereocenters. The number of carboxylic acids is 2. The van der Waals surface area contributed by atoms with Crippen molar-refractivity contribution in [3.8, 4) is 0 Å². The van der Waals surface area contributed by atoms with Crippen LogP contribution in [-0.4, -0.2) is 57.6 Å². The fourth-order valence-corrected chi connectivity index (χ4v) is 6.40. The van der Waals surface area contributed by atoms with E-state index in [2.05, 4.69) is 34.9 Å². The van der Waals surface area contributed by atoms with E-state index in [-0.39, 0.29) is 36.7 Å². The second-order valence-electron chi connectivity index (χ2n) is 10.1. The lowest BCUT2D eigenvalue weighted by molar-refractivity contribution is -0.138. The Morgan fingerprint density at radius 3 is 1.23 bits per heavy atom. The van der Waals surface area contributed by atoms with Crippen LogP contribution < -0.4 is 10.6 Å². The average Bonchev–Trinajstić information content (AvgIpc) is 2.87. The molecule has 0 aromatic carbocycles. The van der Waals surface area contributed by atoms with Crippen LogP contribution >= 0.6 is 21.6 Å². The van der Waals surface area contributed by atoms with E-state index in [4.69, 9.17) is 10.2 Å². The van der Waals surface area contributed by atoms with Gasteiger partial charge in [-0.25, -0.2) is 0 Å². The van der Waals surface area contributed by atoms with E-state index >= 15 is 0 Å². The van der Waals surface area contributed by atoms with Gasteiger partial charge in [0.1, 0.15) is 0 Å². The van der Waals surface area contributed by atoms with Gasteiger partial charge in [-0.2, -0.15) is 0 Å². The number of carbonyl (C=O) groups excluding carboxylic acids is 2. The second-order valence-corrected chi connectivity index (χ2v) is 12.7. The van der Waals surface area contributed by atoms with E-state index < -0.39 is 11.9 Å². The highest BCUT2D eigenvalue weighted by molar-refractivity contribution is 8.76. The number of carbonyl (C=O) groups is 4. The minimum atomic E-state index is -0.720. The summed E-state index contributed by atoms with van der Waals surface area (Å²) in [6.07, 6.45) is 23.1. The summed E-state index contributed by atoms with van der Waals surface area (Å²) in [6.45, 7) is 3.06. The molecule has 4 N–H and O–H groups in total. The molecule has 0 bridgehead atoms. The van der Waals surface area contributed by atoms with Gasteiger partial charge in [0, 0.05) is 38.2 Å². The number of carboxylic acid groups (broad SMARTS) is 2. The monoisotopic (exact) mass is 600 g/mol. The summed E-state index contributed by atoms with van der Waals surface area (Å²) in [7, 11) is 3.37. The van der Waals surface area contributed by atoms with Gasteiger partial charge in [0.2, 0.25) is 11.8 Å². The van der Waals surface area contributed by atoms with Crippen molar-refractivity contribution in [3.05, 3.63) is 24.3 Å². The molecule has 0 rings (SSSR count). The summed E-state index contributed by atoms with van der Waals surface area (Å²) in [5, 5.41) is 23.3. The predicted molar refractivity (Wildman–Crippen MR) is 168 cm³/mol. The van der Waals surface area contributed by atoms with Crippen LogP contribution in [0.5, 0.6) is 0 Å². The molecule has 0 spiro atoms. The minimum absolute atomic E-state index is 0.0371. The summed E-state index contributed by atoms with van der Waals surface area (Å²) < 4.78 is 0. The molecule has 0 aliphatic heterocycles. The molecule has 0 fully saturated rings. The lowest BCUT2D eigenvalue weighted by Crippen LogP contribution is -2.34. The minimum Gasteiger partial charge on any atom is -0.481 e. The number of aliphatic carboxylic acids is 2. The van der Waals surface area contributed by atoms with Crippen LogP contribution in [0.1, 0.15) is 117 Å². The molecule has 230 valence electrons. The summed E-state index contributed by atoms with van der Waals surface area (Å²) >= 11 is 0. The van der Waals surface area contributed by atoms with Crippen molar-refractivity contribution in [2.75, 3.05) is 11.5 Å². The molecule has 8 nitrogen and oxygen atoms in total. The first-order valence-electron chi connectivity index (χ1n) is 14.8. The molecule has 0 radical (unpaired) electrons. The Labute approximate surface area is 249 Å². The molecule has 1 unspecified atom stereocenters. The number of hydrogen-bond donors (Lipinski definition) is 4. The van der Waals surface area contributed by atoms with E-state index in [1.54, 1.807) is 21.6 Å². The van der Waals surface area contributed by atoms with Gasteiger partial charge in [-0.3, -0.25) is 19.2 Å². The SMILES string of the molecule is CC(=O)NC(/C=C/CCCCCCCCC(=O)O)CSSC[C@@H](/C=C/CCCCCCCCC(=O)O)NC(C)=O. The van der Waals surface area contributed by atoms with E-state index in [0.29, 0.717) is 0 Å². The Kier molecular flexibility index (Phi) is 25.9. The average molecular weight is 601 g/mol. The Bertz CT molecular complexity index is 698. The van der Waals surface area contributed by atoms with Gasteiger partial charge in [-0.1, -0.05) is 97.3 Å². The maximum Gasteiger partial charge on any atom is 0.303 e. The smallest absolute Gasteiger partial charge is 0.303 e. The third-order valence-electron chi connectivity index (χ3n) is 6.12. The number of amides is 2. The second kappa shape index (κ2) is 27.2. The zero-order valence-electron chi connectivity index (χ0n) is 24.5. The highest BCUT2D eigenvalue weighted by Gasteiger charge is 2.10. The van der Waals surface area contributed by atoms with Gasteiger partial charge in [0.25, 0.3) is 0 Å². The fourth-order valence-electron chi connectivity index (χ4n) is 4.07. The molecule has 0 aromatic heterocycles. The lowest BCUT2D eigenvalue weighted by Gasteiger charge is -2.16. The molecule has 0 heterocycles. The van der Waals surface area contributed by atoms with E-state index in [0.717, 1.165) is 101 Å². The molecule has 40 heavy (non-hydrogen) atoms. The largest absolute Gasteiger partial charge is 0.481 e. The first kappa shape index (κ1) is 38.1. The van der Waals surface area contributed by atoms with Gasteiger partial charge in [-0.05, 0) is 38.5 Å². The zero-order chi connectivity index (χ0) is 29.8. The maximum atomic E-state index is 11.6. The molecule has 2 amide bonds. The van der Waals surface area contributed by atoms with Gasteiger partial charge in [0.05, 0.1) is 12.1 Å². The first-order valence-corrected chi connectivity index (χ1v) is 17.2. The van der Waals surface area contributed by atoms with Crippen LogP contribution in [0.2, 0.25) is 0 Å². The van der Waals surface area contributed by atoms with E-state index in [1.807, 2.05) is 0 Å². The van der Waals surface area contributed by atoms with E-state index in [1.165, 1.54) is 13.8 Å². The Balaban J connectivity index is 4.19. The maximum absolute atomic E-state index is 11.6. The molecule has 0 aliphatic carbocycles. The fraction of sp³-hybridized carbons (Fsp3) is 0.733. The van der Waals surface area contributed by atoms with Crippen molar-refractivity contribution in [3.63, 3.8) is 0 Å². The quantitative estimate of drug-likeness (QED) is 0.0455. The van der Waals surface area contributed by atoms with Crippen LogP contribution in [0, 0.1) is 0 Å². The molecule has 10 heteroatoms. The number of hydrogen-bond acceptors (Lipinski definition) is 6. The highest BCUT2D eigenvalue weighted by atomic mass is 33.1. The molecule has 0 aliphatic rings. The predicted octanol–water partition coefficient (Wildman–Crippen LogP) is 6.90. The Morgan fingerprint density at radius 2 is 0.900 bits per heavy atom. The summed E-state index contributed by atoms with van der Waals surface area (Å²) in [4.78, 5) is 44.3. The Morgan fingerprint density at radius 1 is 0.575 bits per heavy atom. The topological polar surface area (TPSA) is 133 Å². The normalized spacial score (nSPS) is 12.9. The standard InChI is InChI=1S/C30H52N2O6S2/c1-25(33)31-27(19-15-11-7-3-5-9-13-17-21-29(35)36)23-39-40-24-28(32-26(2)34)20-16-12-8-4-6-10-14-18-22-30(37)38/h15-16,19-20,27-28H,3-14,17-18,21-24H2,1-2H3,(H,31,33)(H,32,34)(H,35,36)(H,37,38)/b19-15+,20-16+/t27-,28?/m1/s1. The van der Waals surface area contributed by atoms with Gasteiger partial charge >= 0.3 is 11.9 Å². The van der Waals surface area contributed by atoms with Crippen LogP contribution in [0.15, 0.2) is 24.3 Å². The molecular weight excluding hydrogens is 548 g/mol. The molecular formula is C30H52N2O6S2. The van der Waals surface area contributed by atoms with Crippen molar-refractivity contribution in [1.29, 1.82) is 0 Å². The molecule has 0 saturated carbocycles. The van der Waals surface area contributed by atoms with Crippen LogP contribution in [0.25, 0.3) is 0 Å². The van der Waals surface area contributed by atoms with Crippen LogP contribution in [0.4, 0.5) is 0 Å². The number of unbranched alkanes of at least 4 members (excludes halogenated alkanes) is 12. The van der Waals surface area contributed by atoms with Crippen molar-refractivity contribution in [2.24, 2.45) is 0 Å². The number of nitrogens with one attached hydrogen (secondary N) is 2. The summed E-state index contributed by atoms with van der Waals surface area (Å²) in [6, 6.07) is -0.0743. The highest BCUT2D eigenvalue weighted by Crippen LogP contribution is 2.24. The number of rotatable bonds is 27. The third kappa shape index (κ3) is 29.1. The third-order valence-corrected chi connectivity index (χ3v) is 8.59. The number of allylic oxidation sites excluding steroid dienone is 2. The Hall–Kier alpha value is -1.94. The van der Waals surface area contributed by atoms with Crippen molar-refractivity contribution >= 4 is 45.3 Å². The van der Waals surface area contributed by atoms with Crippen molar-refractivity contribution < 1.29 is 29.4 Å². The molecule has 0 aromatic rings. The zero-order valence-corrected chi connectivity index (χ0v) is 26.2. The first-order chi connectivity index (χ1) is 19.2. The van der Waals surface area contributed by atoms with Crippen molar-refractivity contribution in [1.82, 2.24) is 10.6 Å². The van der Waals surface area contributed by atoms with Crippen LogP contribution in [-0.2, 0) is 19.2 Å². The summed E-state index contributed by atoms with van der Waals surface area (Å²) in [5.74, 6) is -0.0636.